The molecule has 7 heteroatoms. The highest BCUT2D eigenvalue weighted by molar-refractivity contribution is 5.95. The molecule has 1 amide bonds. The Hall–Kier alpha value is -2.41. The maximum atomic E-state index is 12.1. The third-order valence-corrected chi connectivity index (χ3v) is 4.12. The third kappa shape index (κ3) is 4.57. The fourth-order valence-electron chi connectivity index (χ4n) is 2.22. The smallest absolute Gasteiger partial charge is 0.241 e. The maximum Gasteiger partial charge on any atom is 0.241 e. The highest BCUT2D eigenvalue weighted by atomic mass is 16.5. The molecule has 0 radical (unpaired) electrons. The Morgan fingerprint density at radius 3 is 2.64 bits per heavy atom. The molecule has 0 spiro atoms. The van der Waals surface area contributed by atoms with E-state index in [1.54, 1.807) is 24.3 Å². The van der Waals surface area contributed by atoms with Gasteiger partial charge in [0.05, 0.1) is 6.04 Å². The minimum atomic E-state index is -0.581. The predicted molar refractivity (Wildman–Crippen MR) is 93.1 cm³/mol. The van der Waals surface area contributed by atoms with Crippen molar-refractivity contribution in [2.45, 2.75) is 52.2 Å². The van der Waals surface area contributed by atoms with Gasteiger partial charge in [-0.1, -0.05) is 25.9 Å². The Morgan fingerprint density at radius 1 is 1.36 bits per heavy atom. The van der Waals surface area contributed by atoms with Crippen molar-refractivity contribution < 1.29 is 14.1 Å². The van der Waals surface area contributed by atoms with Crippen LogP contribution in [0.3, 0.4) is 0 Å². The van der Waals surface area contributed by atoms with Gasteiger partial charge in [0.2, 0.25) is 17.6 Å². The summed E-state index contributed by atoms with van der Waals surface area (Å²) < 4.78 is 10.8. The molecule has 1 atom stereocenters. The Bertz CT molecular complexity index is 730. The second kappa shape index (κ2) is 6.84. The first kappa shape index (κ1) is 17.4. The van der Waals surface area contributed by atoms with Crippen LogP contribution in [0.25, 0.3) is 0 Å². The number of benzene rings is 1. The molecule has 2 aromatic rings. The molecule has 1 aliphatic rings. The van der Waals surface area contributed by atoms with Crippen LogP contribution in [0.2, 0.25) is 0 Å². The van der Waals surface area contributed by atoms with Crippen LogP contribution in [0, 0.1) is 5.41 Å². The zero-order valence-corrected chi connectivity index (χ0v) is 14.8. The van der Waals surface area contributed by atoms with E-state index in [9.17, 15) is 4.79 Å². The van der Waals surface area contributed by atoms with Gasteiger partial charge in [0.1, 0.15) is 5.75 Å². The molecule has 3 rings (SSSR count). The number of rotatable bonds is 6. The first-order valence-electron chi connectivity index (χ1n) is 8.45. The normalized spacial score (nSPS) is 15.7. The second-order valence-electron chi connectivity index (χ2n) is 7.47. The molecule has 3 N–H and O–H groups in total. The molecule has 0 bridgehead atoms. The molecule has 0 unspecified atom stereocenters. The van der Waals surface area contributed by atoms with Crippen molar-refractivity contribution in [3.05, 3.63) is 36.0 Å². The van der Waals surface area contributed by atoms with Crippen molar-refractivity contribution in [1.29, 1.82) is 0 Å². The fraction of sp³-hybridized carbons (Fsp3) is 0.500. The van der Waals surface area contributed by atoms with E-state index in [1.165, 1.54) is 0 Å². The quantitative estimate of drug-likeness (QED) is 0.835. The van der Waals surface area contributed by atoms with Crippen LogP contribution in [0.15, 0.2) is 28.8 Å². The highest BCUT2D eigenvalue weighted by Crippen LogP contribution is 2.38. The van der Waals surface area contributed by atoms with Gasteiger partial charge < -0.3 is 20.3 Å². The third-order valence-electron chi connectivity index (χ3n) is 4.12. The molecule has 1 fully saturated rings. The van der Waals surface area contributed by atoms with Crippen LogP contribution in [0.1, 0.15) is 51.2 Å². The van der Waals surface area contributed by atoms with Gasteiger partial charge in [-0.15, -0.1) is 0 Å². The van der Waals surface area contributed by atoms with Crippen LogP contribution in [0.5, 0.6) is 5.75 Å². The molecule has 25 heavy (non-hydrogen) atoms. The summed E-state index contributed by atoms with van der Waals surface area (Å²) >= 11 is 0. The van der Waals surface area contributed by atoms with E-state index in [0.29, 0.717) is 29.1 Å². The minimum absolute atomic E-state index is 0.208. The van der Waals surface area contributed by atoms with Crippen molar-refractivity contribution in [2.75, 3.05) is 5.32 Å². The summed E-state index contributed by atoms with van der Waals surface area (Å²) in [6, 6.07) is 6.52. The largest absolute Gasteiger partial charge is 0.485 e. The summed E-state index contributed by atoms with van der Waals surface area (Å²) in [7, 11) is 0. The molecule has 134 valence electrons. The Kier molecular flexibility index (Phi) is 4.76. The summed E-state index contributed by atoms with van der Waals surface area (Å²) in [5.74, 6) is 2.13. The van der Waals surface area contributed by atoms with Crippen molar-refractivity contribution in [3.63, 3.8) is 0 Å². The molecular formula is C18H24N4O3. The van der Waals surface area contributed by atoms with Gasteiger partial charge in [0.15, 0.2) is 6.61 Å². The Morgan fingerprint density at radius 2 is 2.04 bits per heavy atom. The molecule has 0 aliphatic heterocycles. The zero-order valence-electron chi connectivity index (χ0n) is 14.8. The number of aromatic nitrogens is 2. The summed E-state index contributed by atoms with van der Waals surface area (Å²) in [5.41, 5.74) is 6.33. The summed E-state index contributed by atoms with van der Waals surface area (Å²) in [6.45, 7) is 6.04. The first-order valence-corrected chi connectivity index (χ1v) is 8.45. The number of nitrogens with one attached hydrogen (secondary N) is 1. The molecule has 1 aliphatic carbocycles. The van der Waals surface area contributed by atoms with Crippen molar-refractivity contribution in [1.82, 2.24) is 10.1 Å². The lowest BCUT2D eigenvalue weighted by Crippen LogP contribution is -2.45. The van der Waals surface area contributed by atoms with Gasteiger partial charge in [-0.2, -0.15) is 4.98 Å². The standard InChI is InChI=1S/C18H24N4O3/c1-18(2,3)15(19)16(23)20-12-6-8-13(9-7-12)24-10-14-21-17(25-22-14)11-4-5-11/h6-9,11,15H,4-5,10,19H2,1-3H3,(H,20,23)/t15-/m1/s1. The van der Waals surface area contributed by atoms with Crippen LogP contribution >= 0.6 is 0 Å². The molecule has 1 aromatic heterocycles. The first-order chi connectivity index (χ1) is 11.8. The monoisotopic (exact) mass is 344 g/mol. The SMILES string of the molecule is CC(C)(C)[C@H](N)C(=O)Nc1ccc(OCc2noc(C3CC3)n2)cc1. The lowest BCUT2D eigenvalue weighted by Gasteiger charge is -2.25. The zero-order chi connectivity index (χ0) is 18.0. The molecular weight excluding hydrogens is 320 g/mol. The van der Waals surface area contributed by atoms with E-state index in [1.807, 2.05) is 20.8 Å². The van der Waals surface area contributed by atoms with E-state index >= 15 is 0 Å². The summed E-state index contributed by atoms with van der Waals surface area (Å²) in [5, 5.41) is 6.72. The fourth-order valence-corrected chi connectivity index (χ4v) is 2.22. The van der Waals surface area contributed by atoms with Gasteiger partial charge in [0.25, 0.3) is 0 Å². The number of hydrogen-bond donors (Lipinski definition) is 2. The predicted octanol–water partition coefficient (Wildman–Crippen LogP) is 2.84. The lowest BCUT2D eigenvalue weighted by atomic mass is 9.87. The van der Waals surface area contributed by atoms with Crippen molar-refractivity contribution >= 4 is 11.6 Å². The number of carbonyl (C=O) groups is 1. The van der Waals surface area contributed by atoms with Crippen molar-refractivity contribution in [2.24, 2.45) is 11.1 Å². The van der Waals surface area contributed by atoms with E-state index in [2.05, 4.69) is 15.5 Å². The molecule has 1 heterocycles. The molecule has 1 saturated carbocycles. The Balaban J connectivity index is 1.52. The van der Waals surface area contributed by atoms with Crippen LogP contribution in [0.4, 0.5) is 5.69 Å². The van der Waals surface area contributed by atoms with Gasteiger partial charge >= 0.3 is 0 Å². The minimum Gasteiger partial charge on any atom is -0.485 e. The topological polar surface area (TPSA) is 103 Å². The Labute approximate surface area is 146 Å². The average molecular weight is 344 g/mol. The van der Waals surface area contributed by atoms with E-state index < -0.39 is 6.04 Å². The van der Waals surface area contributed by atoms with Gasteiger partial charge in [-0.05, 0) is 42.5 Å². The van der Waals surface area contributed by atoms with Crippen LogP contribution in [-0.2, 0) is 11.4 Å². The van der Waals surface area contributed by atoms with Gasteiger partial charge in [-0.25, -0.2) is 0 Å². The number of carbonyl (C=O) groups excluding carboxylic acids is 1. The molecule has 1 aromatic carbocycles. The van der Waals surface area contributed by atoms with Crippen LogP contribution in [-0.4, -0.2) is 22.1 Å². The highest BCUT2D eigenvalue weighted by Gasteiger charge is 2.29. The van der Waals surface area contributed by atoms with E-state index in [4.69, 9.17) is 15.0 Å². The molecule has 7 nitrogen and oxygen atoms in total. The lowest BCUT2D eigenvalue weighted by molar-refractivity contribution is -0.119. The number of nitrogens with two attached hydrogens (primary N) is 1. The summed E-state index contributed by atoms with van der Waals surface area (Å²) in [6.07, 6.45) is 2.24. The van der Waals surface area contributed by atoms with Crippen LogP contribution < -0.4 is 15.8 Å². The van der Waals surface area contributed by atoms with Crippen molar-refractivity contribution in [3.8, 4) is 5.75 Å². The van der Waals surface area contributed by atoms with E-state index in [-0.39, 0.29) is 17.9 Å². The summed E-state index contributed by atoms with van der Waals surface area (Å²) in [4.78, 5) is 16.4. The molecule has 0 saturated heterocycles. The number of nitrogens with zero attached hydrogens (tertiary/aromatic N) is 2. The second-order valence-corrected chi connectivity index (χ2v) is 7.47. The average Bonchev–Trinajstić information content (AvgIpc) is 3.31. The maximum absolute atomic E-state index is 12.1. The number of hydrogen-bond acceptors (Lipinski definition) is 6. The van der Waals surface area contributed by atoms with E-state index in [0.717, 1.165) is 12.8 Å². The van der Waals surface area contributed by atoms with Gasteiger partial charge in [0, 0.05) is 11.6 Å². The van der Waals surface area contributed by atoms with Gasteiger partial charge in [-0.3, -0.25) is 4.79 Å². The number of anilines is 1. The number of ether oxygens (including phenoxy) is 1. The number of amides is 1.